The van der Waals surface area contributed by atoms with E-state index < -0.39 is 0 Å². The fourth-order valence-electron chi connectivity index (χ4n) is 2.89. The topological polar surface area (TPSA) is 79.5 Å². The van der Waals surface area contributed by atoms with E-state index in [1.54, 1.807) is 30.3 Å². The third kappa shape index (κ3) is 6.89. The summed E-state index contributed by atoms with van der Waals surface area (Å²) in [5.74, 6) is 0.295. The standard InChI is InChI=1S/C25H27N3O3/c1-18(2)27-25(30)20-12-14-21(15-13-20)26-16-24(29)28-22-10-6-7-11-23(22)31-17-19-8-4-3-5-9-19/h3-15,18,26H,16-17H2,1-2H3,(H,27,30)(H,28,29). The van der Waals surface area contributed by atoms with Gasteiger partial charge >= 0.3 is 0 Å². The summed E-state index contributed by atoms with van der Waals surface area (Å²) in [6, 6.07) is 24.3. The highest BCUT2D eigenvalue weighted by Gasteiger charge is 2.09. The summed E-state index contributed by atoms with van der Waals surface area (Å²) in [6.07, 6.45) is 0. The summed E-state index contributed by atoms with van der Waals surface area (Å²) in [5.41, 5.74) is 3.00. The number of benzene rings is 3. The highest BCUT2D eigenvalue weighted by Crippen LogP contribution is 2.24. The second-order valence-electron chi connectivity index (χ2n) is 7.38. The molecule has 0 radical (unpaired) electrons. The van der Waals surface area contributed by atoms with Crippen LogP contribution in [0.1, 0.15) is 29.8 Å². The van der Waals surface area contributed by atoms with Crippen molar-refractivity contribution >= 4 is 23.2 Å². The summed E-state index contributed by atoms with van der Waals surface area (Å²) in [5, 5.41) is 8.79. The van der Waals surface area contributed by atoms with E-state index in [4.69, 9.17) is 4.74 Å². The Labute approximate surface area is 182 Å². The van der Waals surface area contributed by atoms with Crippen LogP contribution in [-0.2, 0) is 11.4 Å². The van der Waals surface area contributed by atoms with E-state index in [9.17, 15) is 9.59 Å². The van der Waals surface area contributed by atoms with Crippen LogP contribution in [0.15, 0.2) is 78.9 Å². The van der Waals surface area contributed by atoms with E-state index in [2.05, 4.69) is 16.0 Å². The molecule has 3 aromatic rings. The first-order valence-corrected chi connectivity index (χ1v) is 10.2. The van der Waals surface area contributed by atoms with Crippen LogP contribution >= 0.6 is 0 Å². The first-order valence-electron chi connectivity index (χ1n) is 10.2. The predicted octanol–water partition coefficient (Wildman–Crippen LogP) is 4.45. The van der Waals surface area contributed by atoms with E-state index in [-0.39, 0.29) is 24.4 Å². The number of amides is 2. The van der Waals surface area contributed by atoms with Crippen molar-refractivity contribution in [2.75, 3.05) is 17.2 Å². The second kappa shape index (κ2) is 10.8. The minimum absolute atomic E-state index is 0.0774. The molecule has 0 saturated heterocycles. The van der Waals surface area contributed by atoms with Gasteiger partial charge in [0.05, 0.1) is 12.2 Å². The molecule has 31 heavy (non-hydrogen) atoms. The Balaban J connectivity index is 1.52. The minimum Gasteiger partial charge on any atom is -0.487 e. The number of nitrogens with one attached hydrogen (secondary N) is 3. The van der Waals surface area contributed by atoms with Crippen LogP contribution < -0.4 is 20.7 Å². The maximum atomic E-state index is 12.4. The molecule has 0 aromatic heterocycles. The van der Waals surface area contributed by atoms with Gasteiger partial charge in [0.25, 0.3) is 5.91 Å². The van der Waals surface area contributed by atoms with Crippen molar-refractivity contribution in [3.05, 3.63) is 90.0 Å². The Bertz CT molecular complexity index is 1000. The molecule has 0 bridgehead atoms. The van der Waals surface area contributed by atoms with E-state index in [1.165, 1.54) is 0 Å². The molecule has 0 fully saturated rings. The monoisotopic (exact) mass is 417 g/mol. The van der Waals surface area contributed by atoms with Gasteiger partial charge in [-0.15, -0.1) is 0 Å². The van der Waals surface area contributed by atoms with Crippen molar-refractivity contribution in [1.82, 2.24) is 5.32 Å². The van der Waals surface area contributed by atoms with Gasteiger partial charge in [-0.2, -0.15) is 0 Å². The molecule has 0 aliphatic carbocycles. The highest BCUT2D eigenvalue weighted by molar-refractivity contribution is 5.96. The molecule has 6 heteroatoms. The van der Waals surface area contributed by atoms with Crippen molar-refractivity contribution in [1.29, 1.82) is 0 Å². The van der Waals surface area contributed by atoms with Gasteiger partial charge in [-0.05, 0) is 55.8 Å². The Hall–Kier alpha value is -3.80. The number of carbonyl (C=O) groups excluding carboxylic acids is 2. The van der Waals surface area contributed by atoms with Crippen molar-refractivity contribution in [3.63, 3.8) is 0 Å². The normalized spacial score (nSPS) is 10.4. The van der Waals surface area contributed by atoms with Crippen LogP contribution in [0.4, 0.5) is 11.4 Å². The molecular formula is C25H27N3O3. The van der Waals surface area contributed by atoms with Crippen molar-refractivity contribution in [2.45, 2.75) is 26.5 Å². The first-order chi connectivity index (χ1) is 15.0. The maximum Gasteiger partial charge on any atom is 0.251 e. The van der Waals surface area contributed by atoms with E-state index >= 15 is 0 Å². The summed E-state index contributed by atoms with van der Waals surface area (Å²) >= 11 is 0. The lowest BCUT2D eigenvalue weighted by Gasteiger charge is -2.13. The molecule has 0 aliphatic heterocycles. The number of para-hydroxylation sites is 2. The minimum atomic E-state index is -0.197. The predicted molar refractivity (Wildman–Crippen MR) is 123 cm³/mol. The van der Waals surface area contributed by atoms with Crippen LogP contribution in [0.25, 0.3) is 0 Å². The summed E-state index contributed by atoms with van der Waals surface area (Å²) < 4.78 is 5.88. The average molecular weight is 418 g/mol. The van der Waals surface area contributed by atoms with Crippen LogP contribution in [-0.4, -0.2) is 24.4 Å². The quantitative estimate of drug-likeness (QED) is 0.480. The Morgan fingerprint density at radius 2 is 1.55 bits per heavy atom. The van der Waals surface area contributed by atoms with Gasteiger partial charge in [0.15, 0.2) is 0 Å². The Kier molecular flexibility index (Phi) is 7.65. The number of carbonyl (C=O) groups is 2. The zero-order valence-electron chi connectivity index (χ0n) is 17.7. The molecule has 160 valence electrons. The SMILES string of the molecule is CC(C)NC(=O)c1ccc(NCC(=O)Nc2ccccc2OCc2ccccc2)cc1. The first kappa shape index (κ1) is 21.9. The second-order valence-corrected chi connectivity index (χ2v) is 7.38. The van der Waals surface area contributed by atoms with Gasteiger partial charge in [0, 0.05) is 17.3 Å². The van der Waals surface area contributed by atoms with Crippen LogP contribution in [0.2, 0.25) is 0 Å². The molecule has 0 unspecified atom stereocenters. The third-order valence-electron chi connectivity index (χ3n) is 4.42. The summed E-state index contributed by atoms with van der Waals surface area (Å²) in [7, 11) is 0. The molecule has 3 aromatic carbocycles. The molecular weight excluding hydrogens is 390 g/mol. The molecule has 2 amide bonds. The van der Waals surface area contributed by atoms with Gasteiger partial charge in [0.1, 0.15) is 12.4 Å². The van der Waals surface area contributed by atoms with Crippen molar-refractivity contribution in [2.24, 2.45) is 0 Å². The van der Waals surface area contributed by atoms with Crippen LogP contribution in [0.3, 0.4) is 0 Å². The lowest BCUT2D eigenvalue weighted by atomic mass is 10.2. The molecule has 0 heterocycles. The number of rotatable bonds is 9. The number of hydrogen-bond donors (Lipinski definition) is 3. The van der Waals surface area contributed by atoms with E-state index in [0.717, 1.165) is 11.3 Å². The Morgan fingerprint density at radius 1 is 0.871 bits per heavy atom. The van der Waals surface area contributed by atoms with Gasteiger partial charge in [-0.3, -0.25) is 9.59 Å². The molecule has 3 N–H and O–H groups in total. The zero-order valence-corrected chi connectivity index (χ0v) is 17.7. The van der Waals surface area contributed by atoms with Crippen molar-refractivity contribution < 1.29 is 14.3 Å². The van der Waals surface area contributed by atoms with Gasteiger partial charge in [-0.1, -0.05) is 42.5 Å². The lowest BCUT2D eigenvalue weighted by Crippen LogP contribution is -2.30. The van der Waals surface area contributed by atoms with E-state index in [1.807, 2.05) is 62.4 Å². The molecule has 0 aliphatic rings. The number of hydrogen-bond acceptors (Lipinski definition) is 4. The van der Waals surface area contributed by atoms with Gasteiger partial charge < -0.3 is 20.7 Å². The molecule has 0 atom stereocenters. The van der Waals surface area contributed by atoms with Crippen LogP contribution in [0, 0.1) is 0 Å². The average Bonchev–Trinajstić information content (AvgIpc) is 2.78. The maximum absolute atomic E-state index is 12.4. The van der Waals surface area contributed by atoms with Gasteiger partial charge in [-0.25, -0.2) is 0 Å². The number of anilines is 2. The van der Waals surface area contributed by atoms with E-state index in [0.29, 0.717) is 23.6 Å². The summed E-state index contributed by atoms with van der Waals surface area (Å²) in [4.78, 5) is 24.4. The lowest BCUT2D eigenvalue weighted by molar-refractivity contribution is -0.114. The third-order valence-corrected chi connectivity index (χ3v) is 4.42. The molecule has 0 saturated carbocycles. The molecule has 6 nitrogen and oxygen atoms in total. The summed E-state index contributed by atoms with van der Waals surface area (Å²) in [6.45, 7) is 4.34. The van der Waals surface area contributed by atoms with Gasteiger partial charge in [0.2, 0.25) is 5.91 Å². The van der Waals surface area contributed by atoms with Crippen molar-refractivity contribution in [3.8, 4) is 5.75 Å². The zero-order chi connectivity index (χ0) is 22.1. The molecule has 0 spiro atoms. The highest BCUT2D eigenvalue weighted by atomic mass is 16.5. The van der Waals surface area contributed by atoms with Crippen LogP contribution in [0.5, 0.6) is 5.75 Å². The fraction of sp³-hybridized carbons (Fsp3) is 0.200. The Morgan fingerprint density at radius 3 is 2.26 bits per heavy atom. The smallest absolute Gasteiger partial charge is 0.251 e. The fourth-order valence-corrected chi connectivity index (χ4v) is 2.89. The number of ether oxygens (including phenoxy) is 1. The largest absolute Gasteiger partial charge is 0.487 e. The molecule has 3 rings (SSSR count).